The van der Waals surface area contributed by atoms with Crippen LogP contribution in [0.5, 0.6) is 11.5 Å². The summed E-state index contributed by atoms with van der Waals surface area (Å²) in [6.45, 7) is 6.16. The van der Waals surface area contributed by atoms with Gasteiger partial charge in [-0.15, -0.1) is 0 Å². The first-order valence-corrected chi connectivity index (χ1v) is 12.4. The Balaban J connectivity index is 1.51. The molecular formula is C28H30N2O7. The number of nitrogens with zero attached hydrogens (tertiary/aromatic N) is 2. The zero-order chi connectivity index (χ0) is 25.9. The lowest BCUT2D eigenvalue weighted by Gasteiger charge is -2.31. The Bertz CT molecular complexity index is 1320. The lowest BCUT2D eigenvalue weighted by Crippen LogP contribution is -2.43. The summed E-state index contributed by atoms with van der Waals surface area (Å²) in [5.74, 6) is -0.479. The van der Waals surface area contributed by atoms with Crippen molar-refractivity contribution in [1.29, 1.82) is 0 Å². The molecule has 37 heavy (non-hydrogen) atoms. The highest BCUT2D eigenvalue weighted by molar-refractivity contribution is 6.16. The molecule has 0 spiro atoms. The van der Waals surface area contributed by atoms with Gasteiger partial charge >= 0.3 is 0 Å². The van der Waals surface area contributed by atoms with Gasteiger partial charge in [-0.25, -0.2) is 0 Å². The Kier molecular flexibility index (Phi) is 7.16. The zero-order valence-electron chi connectivity index (χ0n) is 20.9. The van der Waals surface area contributed by atoms with E-state index in [0.29, 0.717) is 60.9 Å². The molecule has 1 N–H and O–H groups in total. The quantitative estimate of drug-likeness (QED) is 0.438. The molecule has 9 nitrogen and oxygen atoms in total. The van der Waals surface area contributed by atoms with E-state index in [1.54, 1.807) is 35.2 Å². The monoisotopic (exact) mass is 506 g/mol. The van der Waals surface area contributed by atoms with Gasteiger partial charge < -0.3 is 28.6 Å². The smallest absolute Gasteiger partial charge is 0.290 e. The summed E-state index contributed by atoms with van der Waals surface area (Å²) >= 11 is 0. The first-order valence-electron chi connectivity index (χ1n) is 12.4. The average molecular weight is 507 g/mol. The number of carbonyl (C=O) groups is 2. The van der Waals surface area contributed by atoms with Crippen LogP contribution in [0.3, 0.4) is 0 Å². The summed E-state index contributed by atoms with van der Waals surface area (Å²) in [7, 11) is 1.52. The van der Waals surface area contributed by atoms with Crippen LogP contribution in [0.25, 0.3) is 11.0 Å². The van der Waals surface area contributed by atoms with E-state index < -0.39 is 23.5 Å². The molecule has 1 fully saturated rings. The molecule has 1 aromatic heterocycles. The van der Waals surface area contributed by atoms with Gasteiger partial charge in [-0.2, -0.15) is 0 Å². The highest BCUT2D eigenvalue weighted by atomic mass is 16.5. The molecule has 3 heterocycles. The van der Waals surface area contributed by atoms with Crippen molar-refractivity contribution in [2.24, 2.45) is 0 Å². The Morgan fingerprint density at radius 3 is 2.57 bits per heavy atom. The number of ether oxygens (including phenoxy) is 3. The molecule has 194 valence electrons. The van der Waals surface area contributed by atoms with Crippen molar-refractivity contribution in [2.45, 2.75) is 13.0 Å². The van der Waals surface area contributed by atoms with Crippen molar-refractivity contribution >= 4 is 22.7 Å². The standard InChI is InChI=1S/C28H30N2O7/c1-3-36-20-9-7-18(8-10-20)24-23(25(31)22-17-19-5-4-6-21(34-2)27(19)37-22)26(32)28(33)30(24)12-11-29-13-15-35-16-14-29/h4-10,17,24,32H,3,11-16H2,1-2H3/t24-/m1/s1. The molecule has 0 aliphatic carbocycles. The number of rotatable bonds is 9. The second-order valence-electron chi connectivity index (χ2n) is 8.94. The van der Waals surface area contributed by atoms with Gasteiger partial charge in [0.25, 0.3) is 5.91 Å². The Morgan fingerprint density at radius 2 is 1.86 bits per heavy atom. The number of fused-ring (bicyclic) bond motifs is 1. The van der Waals surface area contributed by atoms with E-state index in [2.05, 4.69) is 4.90 Å². The summed E-state index contributed by atoms with van der Waals surface area (Å²) < 4.78 is 22.2. The van der Waals surface area contributed by atoms with E-state index in [9.17, 15) is 14.7 Å². The molecule has 1 atom stereocenters. The van der Waals surface area contributed by atoms with Crippen LogP contribution in [0.15, 0.2) is 64.3 Å². The largest absolute Gasteiger partial charge is 0.503 e. The number of methoxy groups -OCH3 is 1. The maximum Gasteiger partial charge on any atom is 0.290 e. The number of furan rings is 1. The van der Waals surface area contributed by atoms with Gasteiger partial charge in [-0.3, -0.25) is 14.5 Å². The second kappa shape index (κ2) is 10.7. The molecule has 0 saturated carbocycles. The van der Waals surface area contributed by atoms with Crippen molar-refractivity contribution in [3.05, 3.63) is 71.2 Å². The molecule has 5 rings (SSSR count). The minimum Gasteiger partial charge on any atom is -0.503 e. The fourth-order valence-electron chi connectivity index (χ4n) is 4.89. The van der Waals surface area contributed by atoms with E-state index in [-0.39, 0.29) is 11.3 Å². The molecule has 1 saturated heterocycles. The number of Topliss-reactive ketones (excluding diaryl/α,β-unsaturated/α-hetero) is 1. The van der Waals surface area contributed by atoms with Crippen LogP contribution in [0.4, 0.5) is 0 Å². The van der Waals surface area contributed by atoms with E-state index >= 15 is 0 Å². The maximum absolute atomic E-state index is 13.8. The van der Waals surface area contributed by atoms with Crippen LogP contribution < -0.4 is 9.47 Å². The Labute approximate surface area is 214 Å². The van der Waals surface area contributed by atoms with Gasteiger partial charge in [-0.1, -0.05) is 24.3 Å². The molecule has 2 aromatic carbocycles. The van der Waals surface area contributed by atoms with E-state index in [0.717, 1.165) is 13.1 Å². The molecule has 2 aliphatic rings. The van der Waals surface area contributed by atoms with Gasteiger partial charge in [0, 0.05) is 31.6 Å². The van der Waals surface area contributed by atoms with E-state index in [4.69, 9.17) is 18.6 Å². The van der Waals surface area contributed by atoms with Crippen molar-refractivity contribution in [1.82, 2.24) is 9.80 Å². The first-order chi connectivity index (χ1) is 18.0. The SMILES string of the molecule is CCOc1ccc([C@@H]2C(C(=O)c3cc4cccc(OC)c4o3)=C(O)C(=O)N2CCN2CCOCC2)cc1. The third-order valence-corrected chi connectivity index (χ3v) is 6.77. The number of amides is 1. The summed E-state index contributed by atoms with van der Waals surface area (Å²) in [6.07, 6.45) is 0. The lowest BCUT2D eigenvalue weighted by atomic mass is 9.95. The molecule has 0 radical (unpaired) electrons. The van der Waals surface area contributed by atoms with E-state index in [1.807, 2.05) is 25.1 Å². The van der Waals surface area contributed by atoms with Crippen LogP contribution in [0, 0.1) is 0 Å². The molecule has 3 aromatic rings. The van der Waals surface area contributed by atoms with E-state index in [1.165, 1.54) is 7.11 Å². The Morgan fingerprint density at radius 1 is 1.11 bits per heavy atom. The second-order valence-corrected chi connectivity index (χ2v) is 8.94. The van der Waals surface area contributed by atoms with Gasteiger partial charge in [0.1, 0.15) is 5.75 Å². The minimum absolute atomic E-state index is 0.00541. The van der Waals surface area contributed by atoms with Crippen molar-refractivity contribution in [3.63, 3.8) is 0 Å². The zero-order valence-corrected chi connectivity index (χ0v) is 20.9. The third kappa shape index (κ3) is 4.80. The molecule has 0 unspecified atom stereocenters. The predicted octanol–water partition coefficient (Wildman–Crippen LogP) is 3.75. The van der Waals surface area contributed by atoms with Gasteiger partial charge in [-0.05, 0) is 36.8 Å². The molecule has 2 aliphatic heterocycles. The van der Waals surface area contributed by atoms with Crippen LogP contribution in [-0.4, -0.2) is 79.7 Å². The number of carbonyl (C=O) groups excluding carboxylic acids is 2. The summed E-state index contributed by atoms with van der Waals surface area (Å²) in [5, 5.41) is 11.7. The van der Waals surface area contributed by atoms with Gasteiger partial charge in [0.05, 0.1) is 38.5 Å². The third-order valence-electron chi connectivity index (χ3n) is 6.77. The number of para-hydroxylation sites is 1. The summed E-state index contributed by atoms with van der Waals surface area (Å²) in [4.78, 5) is 30.8. The van der Waals surface area contributed by atoms with Crippen molar-refractivity contribution < 1.29 is 33.3 Å². The van der Waals surface area contributed by atoms with Crippen LogP contribution in [0.2, 0.25) is 0 Å². The fraction of sp³-hybridized carbons (Fsp3) is 0.357. The molecule has 9 heteroatoms. The predicted molar refractivity (Wildman–Crippen MR) is 136 cm³/mol. The Hall–Kier alpha value is -3.82. The number of benzene rings is 2. The summed E-state index contributed by atoms with van der Waals surface area (Å²) in [5.41, 5.74) is 1.12. The normalized spacial score (nSPS) is 18.6. The number of hydrogen-bond acceptors (Lipinski definition) is 8. The highest BCUT2D eigenvalue weighted by Crippen LogP contribution is 2.40. The fourth-order valence-corrected chi connectivity index (χ4v) is 4.89. The average Bonchev–Trinajstić information content (AvgIpc) is 3.47. The number of aliphatic hydroxyl groups is 1. The van der Waals surface area contributed by atoms with Crippen molar-refractivity contribution in [2.75, 3.05) is 53.1 Å². The highest BCUT2D eigenvalue weighted by Gasteiger charge is 2.44. The van der Waals surface area contributed by atoms with Gasteiger partial charge in [0.2, 0.25) is 5.78 Å². The van der Waals surface area contributed by atoms with Crippen LogP contribution >= 0.6 is 0 Å². The van der Waals surface area contributed by atoms with Gasteiger partial charge in [0.15, 0.2) is 22.9 Å². The maximum atomic E-state index is 13.8. The summed E-state index contributed by atoms with van der Waals surface area (Å²) in [6, 6.07) is 13.4. The van der Waals surface area contributed by atoms with Crippen molar-refractivity contribution in [3.8, 4) is 11.5 Å². The molecular weight excluding hydrogens is 476 g/mol. The molecule has 0 bridgehead atoms. The number of ketones is 1. The number of hydrogen-bond donors (Lipinski definition) is 1. The molecule has 1 amide bonds. The lowest BCUT2D eigenvalue weighted by molar-refractivity contribution is -0.129. The first kappa shape index (κ1) is 24.9. The topological polar surface area (TPSA) is 102 Å². The number of morpholine rings is 1. The number of aliphatic hydroxyl groups excluding tert-OH is 1. The van der Waals surface area contributed by atoms with Crippen LogP contribution in [-0.2, 0) is 9.53 Å². The van der Waals surface area contributed by atoms with Crippen LogP contribution in [0.1, 0.15) is 29.1 Å². The minimum atomic E-state index is -0.771.